The predicted octanol–water partition coefficient (Wildman–Crippen LogP) is 3.94. The van der Waals surface area contributed by atoms with Crippen molar-refractivity contribution in [3.05, 3.63) is 60.6 Å². The molecule has 4 heteroatoms. The molecule has 100 valence electrons. The predicted molar refractivity (Wildman–Crippen MR) is 81.7 cm³/mol. The van der Waals surface area contributed by atoms with Crippen molar-refractivity contribution in [1.29, 1.82) is 0 Å². The van der Waals surface area contributed by atoms with E-state index in [4.69, 9.17) is 0 Å². The lowest BCUT2D eigenvalue weighted by Gasteiger charge is -2.05. The van der Waals surface area contributed by atoms with Crippen LogP contribution in [0.5, 0.6) is 0 Å². The van der Waals surface area contributed by atoms with E-state index in [2.05, 4.69) is 28.2 Å². The average Bonchev–Trinajstić information content (AvgIpc) is 2.84. The first-order valence-electron chi connectivity index (χ1n) is 6.41. The lowest BCUT2D eigenvalue weighted by atomic mass is 10.2. The molecule has 0 saturated heterocycles. The van der Waals surface area contributed by atoms with E-state index < -0.39 is 0 Å². The smallest absolute Gasteiger partial charge is 0.109 e. The Balaban J connectivity index is 1.97. The van der Waals surface area contributed by atoms with Gasteiger partial charge in [-0.1, -0.05) is 36.4 Å². The number of nitrogens with zero attached hydrogens (tertiary/aromatic N) is 3. The Bertz CT molecular complexity index is 702. The first-order chi connectivity index (χ1) is 9.74. The zero-order chi connectivity index (χ0) is 13.9. The lowest BCUT2D eigenvalue weighted by molar-refractivity contribution is 0.824. The van der Waals surface area contributed by atoms with E-state index in [0.717, 1.165) is 21.3 Å². The van der Waals surface area contributed by atoms with E-state index in [1.807, 2.05) is 55.3 Å². The van der Waals surface area contributed by atoms with Crippen LogP contribution in [-0.4, -0.2) is 14.5 Å². The normalized spacial score (nSPS) is 10.7. The maximum atomic E-state index is 4.51. The third kappa shape index (κ3) is 2.60. The molecule has 0 unspecified atom stereocenters. The van der Waals surface area contributed by atoms with E-state index in [-0.39, 0.29) is 0 Å². The van der Waals surface area contributed by atoms with Gasteiger partial charge in [-0.3, -0.25) is 0 Å². The molecule has 2 heterocycles. The maximum absolute atomic E-state index is 4.51. The summed E-state index contributed by atoms with van der Waals surface area (Å²) in [5.74, 6) is 0. The third-order valence-corrected chi connectivity index (χ3v) is 4.14. The second-order valence-electron chi connectivity index (χ2n) is 4.65. The number of aryl methyl sites for hydroxylation is 2. The van der Waals surface area contributed by atoms with Gasteiger partial charge in [0, 0.05) is 18.8 Å². The van der Waals surface area contributed by atoms with Gasteiger partial charge in [-0.25, -0.2) is 9.97 Å². The molecule has 3 rings (SSSR count). The number of hydrogen-bond donors (Lipinski definition) is 0. The zero-order valence-electron chi connectivity index (χ0n) is 11.4. The van der Waals surface area contributed by atoms with Gasteiger partial charge in [-0.05, 0) is 30.3 Å². The molecule has 0 fully saturated rings. The number of hydrogen-bond acceptors (Lipinski definition) is 3. The molecule has 3 nitrogen and oxygen atoms in total. The lowest BCUT2D eigenvalue weighted by Crippen LogP contribution is -1.90. The largest absolute Gasteiger partial charge is 0.328 e. The summed E-state index contributed by atoms with van der Waals surface area (Å²) in [6.45, 7) is 2.04. The Morgan fingerprint density at radius 2 is 1.80 bits per heavy atom. The fourth-order valence-electron chi connectivity index (χ4n) is 1.95. The van der Waals surface area contributed by atoms with Crippen LogP contribution in [0.4, 0.5) is 0 Å². The summed E-state index contributed by atoms with van der Waals surface area (Å²) in [7, 11) is 2.01. The molecule has 20 heavy (non-hydrogen) atoms. The first-order valence-corrected chi connectivity index (χ1v) is 7.23. The summed E-state index contributed by atoms with van der Waals surface area (Å²) in [5, 5.41) is 2.09. The fourth-order valence-corrected chi connectivity index (χ4v) is 2.85. The highest BCUT2D eigenvalue weighted by molar-refractivity contribution is 7.99. The summed E-state index contributed by atoms with van der Waals surface area (Å²) in [4.78, 5) is 8.96. The Morgan fingerprint density at radius 1 is 1.00 bits per heavy atom. The summed E-state index contributed by atoms with van der Waals surface area (Å²) >= 11 is 1.64. The van der Waals surface area contributed by atoms with Crippen LogP contribution in [0, 0.1) is 6.92 Å². The van der Waals surface area contributed by atoms with Gasteiger partial charge in [-0.2, -0.15) is 0 Å². The van der Waals surface area contributed by atoms with E-state index in [9.17, 15) is 0 Å². The van der Waals surface area contributed by atoms with E-state index in [0.29, 0.717) is 0 Å². The van der Waals surface area contributed by atoms with Crippen molar-refractivity contribution in [1.82, 2.24) is 14.5 Å². The van der Waals surface area contributed by atoms with Crippen molar-refractivity contribution >= 4 is 11.8 Å². The van der Waals surface area contributed by atoms with Crippen LogP contribution in [-0.2, 0) is 7.05 Å². The minimum Gasteiger partial charge on any atom is -0.328 e. The van der Waals surface area contributed by atoms with Gasteiger partial charge in [0.15, 0.2) is 0 Å². The van der Waals surface area contributed by atoms with Gasteiger partial charge in [0.1, 0.15) is 15.7 Å². The van der Waals surface area contributed by atoms with Gasteiger partial charge >= 0.3 is 0 Å². The molecule has 0 aliphatic heterocycles. The highest BCUT2D eigenvalue weighted by Gasteiger charge is 2.12. The van der Waals surface area contributed by atoms with Crippen molar-refractivity contribution < 1.29 is 0 Å². The van der Waals surface area contributed by atoms with Gasteiger partial charge in [0.05, 0.1) is 6.33 Å². The molecule has 0 bridgehead atoms. The van der Waals surface area contributed by atoms with Crippen LogP contribution < -0.4 is 0 Å². The molecule has 0 saturated carbocycles. The molecule has 0 radical (unpaired) electrons. The molecule has 0 aliphatic carbocycles. The van der Waals surface area contributed by atoms with Crippen LogP contribution in [0.15, 0.2) is 65.0 Å². The molecule has 0 spiro atoms. The van der Waals surface area contributed by atoms with E-state index in [1.54, 1.807) is 11.8 Å². The second kappa shape index (κ2) is 5.51. The van der Waals surface area contributed by atoms with Gasteiger partial charge < -0.3 is 4.57 Å². The Hall–Kier alpha value is -2.07. The molecule has 0 amide bonds. The SMILES string of the molecule is Cc1ccc(Sc2c(-c3ccccc3)ncn2C)nc1. The molecule has 2 aromatic heterocycles. The minimum absolute atomic E-state index is 0.983. The topological polar surface area (TPSA) is 30.7 Å². The average molecular weight is 281 g/mol. The molecule has 0 atom stereocenters. The summed E-state index contributed by atoms with van der Waals surface area (Å²) in [5.41, 5.74) is 3.30. The molecular weight excluding hydrogens is 266 g/mol. The van der Waals surface area contributed by atoms with Crippen LogP contribution in [0.25, 0.3) is 11.3 Å². The highest BCUT2D eigenvalue weighted by Crippen LogP contribution is 2.33. The Labute approximate surface area is 122 Å². The standard InChI is InChI=1S/C16H15N3S/c1-12-8-9-14(17-10-12)20-16-15(18-11-19(16)2)13-6-4-3-5-7-13/h3-11H,1-2H3. The summed E-state index contributed by atoms with van der Waals surface area (Å²) < 4.78 is 2.04. The van der Waals surface area contributed by atoms with Gasteiger partial charge in [-0.15, -0.1) is 0 Å². The van der Waals surface area contributed by atoms with E-state index in [1.165, 1.54) is 5.56 Å². The zero-order valence-corrected chi connectivity index (χ0v) is 12.3. The van der Waals surface area contributed by atoms with Crippen molar-refractivity contribution in [2.75, 3.05) is 0 Å². The van der Waals surface area contributed by atoms with E-state index >= 15 is 0 Å². The Morgan fingerprint density at radius 3 is 2.50 bits per heavy atom. The van der Waals surface area contributed by atoms with Crippen LogP contribution >= 0.6 is 11.8 Å². The summed E-state index contributed by atoms with van der Waals surface area (Å²) in [6.07, 6.45) is 3.74. The molecular formula is C16H15N3S. The molecule has 1 aromatic carbocycles. The third-order valence-electron chi connectivity index (χ3n) is 3.02. The van der Waals surface area contributed by atoms with Crippen LogP contribution in [0.3, 0.4) is 0 Å². The second-order valence-corrected chi connectivity index (χ2v) is 5.66. The molecule has 0 aliphatic rings. The number of imidazole rings is 1. The van der Waals surface area contributed by atoms with Crippen molar-refractivity contribution in [2.45, 2.75) is 17.0 Å². The summed E-state index contributed by atoms with van der Waals surface area (Å²) in [6, 6.07) is 14.4. The van der Waals surface area contributed by atoms with Crippen LogP contribution in [0.1, 0.15) is 5.56 Å². The number of benzene rings is 1. The number of aromatic nitrogens is 3. The van der Waals surface area contributed by atoms with Crippen molar-refractivity contribution in [2.24, 2.45) is 7.05 Å². The molecule has 3 aromatic rings. The maximum Gasteiger partial charge on any atom is 0.109 e. The fraction of sp³-hybridized carbons (Fsp3) is 0.125. The highest BCUT2D eigenvalue weighted by atomic mass is 32.2. The molecule has 0 N–H and O–H groups in total. The quantitative estimate of drug-likeness (QED) is 0.728. The van der Waals surface area contributed by atoms with Gasteiger partial charge in [0.25, 0.3) is 0 Å². The van der Waals surface area contributed by atoms with Crippen molar-refractivity contribution in [3.8, 4) is 11.3 Å². The van der Waals surface area contributed by atoms with Crippen LogP contribution in [0.2, 0.25) is 0 Å². The minimum atomic E-state index is 0.983. The van der Waals surface area contributed by atoms with Gasteiger partial charge in [0.2, 0.25) is 0 Å². The number of rotatable bonds is 3. The first kappa shape index (κ1) is 12.9. The monoisotopic (exact) mass is 281 g/mol. The Kier molecular flexibility index (Phi) is 3.56. The van der Waals surface area contributed by atoms with Crippen molar-refractivity contribution in [3.63, 3.8) is 0 Å². The number of pyridine rings is 1.